The Labute approximate surface area is 200 Å². The maximum absolute atomic E-state index is 14.7. The Morgan fingerprint density at radius 1 is 1.20 bits per heavy atom. The van der Waals surface area contributed by atoms with Crippen LogP contribution in [0.25, 0.3) is 16.5 Å². The number of nitrogens with zero attached hydrogens (tertiary/aromatic N) is 4. The molecule has 0 radical (unpaired) electrons. The van der Waals surface area contributed by atoms with Crippen LogP contribution in [0.2, 0.25) is 0 Å². The molecular weight excluding hydrogens is 459 g/mol. The van der Waals surface area contributed by atoms with Crippen LogP contribution in [0.4, 0.5) is 19.0 Å². The maximum atomic E-state index is 14.7. The van der Waals surface area contributed by atoms with E-state index in [2.05, 4.69) is 15.3 Å². The lowest BCUT2D eigenvalue weighted by atomic mass is 10.0. The molecule has 1 atom stereocenters. The van der Waals surface area contributed by atoms with Gasteiger partial charge in [0.1, 0.15) is 23.0 Å². The second kappa shape index (κ2) is 9.52. The molecule has 0 saturated heterocycles. The van der Waals surface area contributed by atoms with Crippen LogP contribution >= 0.6 is 0 Å². The average molecular weight is 486 g/mol. The van der Waals surface area contributed by atoms with Crippen LogP contribution in [0.1, 0.15) is 55.4 Å². The van der Waals surface area contributed by atoms with Crippen molar-refractivity contribution < 1.29 is 18.0 Å². The van der Waals surface area contributed by atoms with Crippen molar-refractivity contribution in [2.75, 3.05) is 18.4 Å². The minimum Gasteiger partial charge on any atom is -0.363 e. The van der Waals surface area contributed by atoms with E-state index in [0.717, 1.165) is 11.6 Å². The van der Waals surface area contributed by atoms with Gasteiger partial charge in [0.05, 0.1) is 17.0 Å². The molecule has 0 aliphatic carbocycles. The molecule has 1 amide bonds. The first-order valence-electron chi connectivity index (χ1n) is 11.2. The molecule has 7 nitrogen and oxygen atoms in total. The molecule has 184 valence electrons. The van der Waals surface area contributed by atoms with Gasteiger partial charge in [0, 0.05) is 38.3 Å². The summed E-state index contributed by atoms with van der Waals surface area (Å²) in [5, 5.41) is 3.54. The van der Waals surface area contributed by atoms with Crippen molar-refractivity contribution in [1.29, 1.82) is 0 Å². The minimum atomic E-state index is -2.93. The van der Waals surface area contributed by atoms with Crippen LogP contribution in [-0.2, 0) is 11.8 Å². The number of halogens is 3. The van der Waals surface area contributed by atoms with Crippen LogP contribution in [0.15, 0.2) is 35.1 Å². The Balaban J connectivity index is 1.79. The summed E-state index contributed by atoms with van der Waals surface area (Å²) in [5.41, 5.74) is 0.857. The van der Waals surface area contributed by atoms with E-state index in [4.69, 9.17) is 0 Å². The fourth-order valence-electron chi connectivity index (χ4n) is 4.34. The summed E-state index contributed by atoms with van der Waals surface area (Å²) in [6.45, 7) is 5.78. The number of benzene rings is 1. The summed E-state index contributed by atoms with van der Waals surface area (Å²) in [7, 11) is 1.66. The number of aromatic nitrogens is 3. The van der Waals surface area contributed by atoms with Crippen molar-refractivity contribution >= 4 is 28.2 Å². The van der Waals surface area contributed by atoms with Gasteiger partial charge in [0.2, 0.25) is 5.91 Å². The van der Waals surface area contributed by atoms with E-state index in [1.807, 2.05) is 6.08 Å². The molecule has 3 heterocycles. The second-order valence-corrected chi connectivity index (χ2v) is 8.64. The Hall–Kier alpha value is -3.69. The van der Waals surface area contributed by atoms with Gasteiger partial charge in [-0.1, -0.05) is 24.3 Å². The standard InChI is InChI=1S/C25H26F3N5O2/c1-13(17-6-5-7-18(21(17)26)23(27)28)29-24-19-12-20(16-8-10-33(11-9-16)15(3)34)32(4)25(35)22(19)30-14(2)31-24/h5-8,12-13,23H,9-11H2,1-4H3,(H,29,30,31)/t13-/m1/s1. The largest absolute Gasteiger partial charge is 0.363 e. The summed E-state index contributed by atoms with van der Waals surface area (Å²) in [6.07, 6.45) is -0.435. The van der Waals surface area contributed by atoms with E-state index in [9.17, 15) is 22.8 Å². The number of hydrogen-bond donors (Lipinski definition) is 1. The van der Waals surface area contributed by atoms with Gasteiger partial charge in [0.25, 0.3) is 12.0 Å². The van der Waals surface area contributed by atoms with Gasteiger partial charge < -0.3 is 14.8 Å². The predicted molar refractivity (Wildman–Crippen MR) is 128 cm³/mol. The number of alkyl halides is 2. The van der Waals surface area contributed by atoms with Crippen LogP contribution in [0.5, 0.6) is 0 Å². The first kappa shape index (κ1) is 24.4. The van der Waals surface area contributed by atoms with Crippen molar-refractivity contribution in [2.24, 2.45) is 7.05 Å². The third kappa shape index (κ3) is 4.65. The van der Waals surface area contributed by atoms with E-state index in [1.54, 1.807) is 31.9 Å². The molecule has 1 aliphatic heterocycles. The molecule has 0 bridgehead atoms. The molecule has 0 fully saturated rings. The number of nitrogens with one attached hydrogen (secondary N) is 1. The third-order valence-corrected chi connectivity index (χ3v) is 6.30. The quantitative estimate of drug-likeness (QED) is 0.575. The number of amides is 1. The van der Waals surface area contributed by atoms with Crippen LogP contribution in [0, 0.1) is 12.7 Å². The zero-order chi connectivity index (χ0) is 25.4. The van der Waals surface area contributed by atoms with Gasteiger partial charge >= 0.3 is 0 Å². The highest BCUT2D eigenvalue weighted by Gasteiger charge is 2.22. The number of carbonyl (C=O) groups is 1. The highest BCUT2D eigenvalue weighted by atomic mass is 19.3. The molecule has 1 N–H and O–H groups in total. The molecule has 35 heavy (non-hydrogen) atoms. The number of hydrogen-bond acceptors (Lipinski definition) is 5. The molecule has 2 aromatic heterocycles. The number of carbonyl (C=O) groups excluding carboxylic acids is 1. The molecule has 1 aliphatic rings. The summed E-state index contributed by atoms with van der Waals surface area (Å²) in [4.78, 5) is 35.3. The fraction of sp³-hybridized carbons (Fsp3) is 0.360. The molecule has 3 aromatic rings. The number of rotatable bonds is 5. The zero-order valence-electron chi connectivity index (χ0n) is 19.9. The number of fused-ring (bicyclic) bond motifs is 1. The van der Waals surface area contributed by atoms with Crippen molar-refractivity contribution in [3.05, 3.63) is 69.2 Å². The third-order valence-electron chi connectivity index (χ3n) is 6.30. The van der Waals surface area contributed by atoms with E-state index >= 15 is 0 Å². The van der Waals surface area contributed by atoms with Crippen LogP contribution in [0.3, 0.4) is 0 Å². The Kier molecular flexibility index (Phi) is 6.64. The lowest BCUT2D eigenvalue weighted by Gasteiger charge is -2.26. The van der Waals surface area contributed by atoms with Gasteiger partial charge in [0.15, 0.2) is 0 Å². The van der Waals surface area contributed by atoms with Gasteiger partial charge in [-0.3, -0.25) is 9.59 Å². The lowest BCUT2D eigenvalue weighted by Crippen LogP contribution is -2.33. The van der Waals surface area contributed by atoms with E-state index in [0.29, 0.717) is 42.2 Å². The van der Waals surface area contributed by atoms with Crippen LogP contribution in [-0.4, -0.2) is 38.4 Å². The number of pyridine rings is 1. The predicted octanol–water partition coefficient (Wildman–Crippen LogP) is 4.52. The smallest absolute Gasteiger partial charge is 0.277 e. The van der Waals surface area contributed by atoms with Crippen molar-refractivity contribution in [2.45, 2.75) is 39.7 Å². The minimum absolute atomic E-state index is 0.0137. The zero-order valence-corrected chi connectivity index (χ0v) is 19.9. The summed E-state index contributed by atoms with van der Waals surface area (Å²) in [5.74, 6) is -0.341. The van der Waals surface area contributed by atoms with Crippen molar-refractivity contribution in [3.63, 3.8) is 0 Å². The summed E-state index contributed by atoms with van der Waals surface area (Å²) < 4.78 is 42.6. The SMILES string of the molecule is CC(=O)N1CC=C(c2cc3c(N[C@H](C)c4cccc(C(F)F)c4F)nc(C)nc3c(=O)n2C)CC1. The van der Waals surface area contributed by atoms with Gasteiger partial charge in [-0.15, -0.1) is 0 Å². The highest BCUT2D eigenvalue weighted by molar-refractivity contribution is 5.91. The normalized spacial score (nSPS) is 14.9. The topological polar surface area (TPSA) is 80.1 Å². The molecular formula is C25H26F3N5O2. The molecule has 0 unspecified atom stereocenters. The molecule has 0 spiro atoms. The molecule has 1 aromatic carbocycles. The van der Waals surface area contributed by atoms with E-state index in [1.165, 1.54) is 23.6 Å². The first-order chi connectivity index (χ1) is 16.6. The Morgan fingerprint density at radius 3 is 2.54 bits per heavy atom. The van der Waals surface area contributed by atoms with Gasteiger partial charge in [-0.05, 0) is 31.9 Å². The average Bonchev–Trinajstić information content (AvgIpc) is 2.81. The fourth-order valence-corrected chi connectivity index (χ4v) is 4.34. The van der Waals surface area contributed by atoms with Crippen molar-refractivity contribution in [1.82, 2.24) is 19.4 Å². The molecule has 0 saturated carbocycles. The van der Waals surface area contributed by atoms with E-state index < -0.39 is 23.8 Å². The first-order valence-corrected chi connectivity index (χ1v) is 11.2. The number of anilines is 1. The molecule has 4 rings (SSSR count). The monoisotopic (exact) mass is 485 g/mol. The van der Waals surface area contributed by atoms with Crippen molar-refractivity contribution in [3.8, 4) is 0 Å². The summed E-state index contributed by atoms with van der Waals surface area (Å²) in [6, 6.07) is 4.97. The van der Waals surface area contributed by atoms with E-state index in [-0.39, 0.29) is 22.5 Å². The van der Waals surface area contributed by atoms with Gasteiger partial charge in [-0.2, -0.15) is 0 Å². The van der Waals surface area contributed by atoms with Crippen LogP contribution < -0.4 is 10.9 Å². The summed E-state index contributed by atoms with van der Waals surface area (Å²) >= 11 is 0. The number of aryl methyl sites for hydroxylation is 1. The Bertz CT molecular complexity index is 1400. The van der Waals surface area contributed by atoms with Gasteiger partial charge in [-0.25, -0.2) is 23.1 Å². The lowest BCUT2D eigenvalue weighted by molar-refractivity contribution is -0.128. The highest BCUT2D eigenvalue weighted by Crippen LogP contribution is 2.31. The molecule has 10 heteroatoms. The second-order valence-electron chi connectivity index (χ2n) is 8.64. The Morgan fingerprint density at radius 2 is 1.91 bits per heavy atom. The maximum Gasteiger partial charge on any atom is 0.277 e.